The van der Waals surface area contributed by atoms with Gasteiger partial charge in [-0.2, -0.15) is 0 Å². The van der Waals surface area contributed by atoms with Gasteiger partial charge in [0, 0.05) is 18.9 Å². The fourth-order valence-corrected chi connectivity index (χ4v) is 2.13. The summed E-state index contributed by atoms with van der Waals surface area (Å²) >= 11 is 0. The second-order valence-corrected chi connectivity index (χ2v) is 6.51. The lowest BCUT2D eigenvalue weighted by Gasteiger charge is -2.07. The molecule has 1 rings (SSSR count). The summed E-state index contributed by atoms with van der Waals surface area (Å²) in [5.74, 6) is 0.143. The van der Waals surface area contributed by atoms with Crippen molar-refractivity contribution in [3.63, 3.8) is 0 Å². The first-order chi connectivity index (χ1) is 6.95. The molecule has 0 spiro atoms. The number of aryl methyl sites for hydroxylation is 1. The number of rotatable bonds is 5. The van der Waals surface area contributed by atoms with Gasteiger partial charge in [-0.1, -0.05) is 0 Å². The molecule has 0 bridgehead atoms. The van der Waals surface area contributed by atoms with Crippen molar-refractivity contribution in [2.24, 2.45) is 0 Å². The lowest BCUT2D eigenvalue weighted by atomic mass is 10.4. The van der Waals surface area contributed by atoms with E-state index in [1.807, 2.05) is 0 Å². The molecule has 0 aliphatic heterocycles. The van der Waals surface area contributed by atoms with Crippen LogP contribution in [-0.4, -0.2) is 29.1 Å². The van der Waals surface area contributed by atoms with Gasteiger partial charge in [-0.05, 0) is 25.5 Å². The number of nitrogens with zero attached hydrogens (tertiary/aromatic N) is 1. The molecule has 0 fully saturated rings. The van der Waals surface area contributed by atoms with Crippen LogP contribution in [0.15, 0.2) is 18.5 Å². The molecular weight excluding hydrogens is 214 g/mol. The van der Waals surface area contributed by atoms with E-state index in [0.29, 0.717) is 6.54 Å². The molecule has 0 amide bonds. The Morgan fingerprint density at radius 1 is 1.47 bits per heavy atom. The van der Waals surface area contributed by atoms with Gasteiger partial charge in [-0.3, -0.25) is 0 Å². The van der Waals surface area contributed by atoms with Crippen LogP contribution in [0.3, 0.4) is 0 Å². The van der Waals surface area contributed by atoms with Crippen molar-refractivity contribution in [3.8, 4) is 0 Å². The SMILES string of the molecule is CC(C)S(=O)(=O)CCn1ccc(CO)c1. The third kappa shape index (κ3) is 3.35. The number of hydrogen-bond acceptors (Lipinski definition) is 3. The van der Waals surface area contributed by atoms with Gasteiger partial charge in [0.2, 0.25) is 0 Å². The molecule has 5 heteroatoms. The maximum Gasteiger partial charge on any atom is 0.154 e. The van der Waals surface area contributed by atoms with Gasteiger partial charge in [-0.25, -0.2) is 8.42 Å². The summed E-state index contributed by atoms with van der Waals surface area (Å²) in [6, 6.07) is 1.78. The first kappa shape index (κ1) is 12.3. The largest absolute Gasteiger partial charge is 0.392 e. The molecule has 0 radical (unpaired) electrons. The monoisotopic (exact) mass is 231 g/mol. The summed E-state index contributed by atoms with van der Waals surface area (Å²) in [5.41, 5.74) is 0.803. The van der Waals surface area contributed by atoms with Crippen LogP contribution in [0.5, 0.6) is 0 Å². The molecule has 0 aliphatic carbocycles. The molecule has 4 nitrogen and oxygen atoms in total. The van der Waals surface area contributed by atoms with E-state index in [1.54, 1.807) is 36.9 Å². The van der Waals surface area contributed by atoms with Crippen molar-refractivity contribution in [1.29, 1.82) is 0 Å². The van der Waals surface area contributed by atoms with Gasteiger partial charge in [0.05, 0.1) is 17.6 Å². The molecule has 0 aromatic carbocycles. The van der Waals surface area contributed by atoms with E-state index in [1.165, 1.54) is 0 Å². The van der Waals surface area contributed by atoms with Crippen molar-refractivity contribution in [2.45, 2.75) is 32.2 Å². The van der Waals surface area contributed by atoms with Crippen LogP contribution in [0.4, 0.5) is 0 Å². The van der Waals surface area contributed by atoms with E-state index in [-0.39, 0.29) is 17.6 Å². The van der Waals surface area contributed by atoms with Crippen LogP contribution in [0, 0.1) is 0 Å². The predicted octanol–water partition coefficient (Wildman–Crippen LogP) is 0.804. The Kier molecular flexibility index (Phi) is 3.93. The van der Waals surface area contributed by atoms with Gasteiger partial charge in [0.1, 0.15) is 0 Å². The average Bonchev–Trinajstić information content (AvgIpc) is 2.62. The third-order valence-corrected chi connectivity index (χ3v) is 4.53. The minimum Gasteiger partial charge on any atom is -0.392 e. The first-order valence-corrected chi connectivity index (χ1v) is 6.64. The standard InChI is InChI=1S/C10H17NO3S/c1-9(2)15(13,14)6-5-11-4-3-10(7-11)8-12/h3-4,7,9,12H,5-6,8H2,1-2H3. The van der Waals surface area contributed by atoms with E-state index in [4.69, 9.17) is 5.11 Å². The topological polar surface area (TPSA) is 59.3 Å². The molecule has 1 heterocycles. The van der Waals surface area contributed by atoms with Gasteiger partial charge < -0.3 is 9.67 Å². The van der Waals surface area contributed by atoms with Crippen LogP contribution in [-0.2, 0) is 23.0 Å². The highest BCUT2D eigenvalue weighted by molar-refractivity contribution is 7.91. The second-order valence-electron chi connectivity index (χ2n) is 3.83. The van der Waals surface area contributed by atoms with Crippen LogP contribution in [0.25, 0.3) is 0 Å². The molecular formula is C10H17NO3S. The number of sulfone groups is 1. The van der Waals surface area contributed by atoms with Crippen molar-refractivity contribution in [3.05, 3.63) is 24.0 Å². The Morgan fingerprint density at radius 2 is 2.13 bits per heavy atom. The quantitative estimate of drug-likeness (QED) is 0.815. The van der Waals surface area contributed by atoms with Crippen LogP contribution in [0.2, 0.25) is 0 Å². The maximum absolute atomic E-state index is 11.5. The Balaban J connectivity index is 2.58. The Morgan fingerprint density at radius 3 is 2.60 bits per heavy atom. The lowest BCUT2D eigenvalue weighted by molar-refractivity contribution is 0.281. The summed E-state index contributed by atoms with van der Waals surface area (Å²) in [6.45, 7) is 3.80. The summed E-state index contributed by atoms with van der Waals surface area (Å²) < 4.78 is 24.8. The zero-order valence-corrected chi connectivity index (χ0v) is 9.87. The van der Waals surface area contributed by atoms with Crippen molar-refractivity contribution >= 4 is 9.84 Å². The molecule has 86 valence electrons. The Labute approximate surface area is 90.5 Å². The minimum atomic E-state index is -2.98. The third-order valence-electron chi connectivity index (χ3n) is 2.35. The van der Waals surface area contributed by atoms with Crippen LogP contribution in [0.1, 0.15) is 19.4 Å². The predicted molar refractivity (Wildman–Crippen MR) is 59.3 cm³/mol. The van der Waals surface area contributed by atoms with E-state index in [9.17, 15) is 8.42 Å². The fraction of sp³-hybridized carbons (Fsp3) is 0.600. The number of aromatic nitrogens is 1. The minimum absolute atomic E-state index is 0.00999. The zero-order valence-electron chi connectivity index (χ0n) is 9.05. The maximum atomic E-state index is 11.5. The van der Waals surface area contributed by atoms with Crippen LogP contribution >= 0.6 is 0 Å². The summed E-state index contributed by atoms with van der Waals surface area (Å²) in [7, 11) is -2.98. The molecule has 0 saturated carbocycles. The summed E-state index contributed by atoms with van der Waals surface area (Å²) in [4.78, 5) is 0. The highest BCUT2D eigenvalue weighted by Crippen LogP contribution is 2.05. The molecule has 0 unspecified atom stereocenters. The average molecular weight is 231 g/mol. The first-order valence-electron chi connectivity index (χ1n) is 4.93. The van der Waals surface area contributed by atoms with E-state index < -0.39 is 9.84 Å². The smallest absolute Gasteiger partial charge is 0.154 e. The zero-order chi connectivity index (χ0) is 11.5. The van der Waals surface area contributed by atoms with Gasteiger partial charge in [0.15, 0.2) is 9.84 Å². The molecule has 1 aromatic rings. The van der Waals surface area contributed by atoms with E-state index in [0.717, 1.165) is 5.56 Å². The number of aliphatic hydroxyl groups is 1. The number of aliphatic hydroxyl groups excluding tert-OH is 1. The Bertz CT molecular complexity index is 406. The molecule has 1 N–H and O–H groups in total. The normalized spacial score (nSPS) is 12.3. The second kappa shape index (κ2) is 4.81. The molecule has 0 atom stereocenters. The number of hydrogen-bond donors (Lipinski definition) is 1. The molecule has 1 aromatic heterocycles. The lowest BCUT2D eigenvalue weighted by Crippen LogP contribution is -2.20. The van der Waals surface area contributed by atoms with Crippen molar-refractivity contribution in [2.75, 3.05) is 5.75 Å². The van der Waals surface area contributed by atoms with Crippen molar-refractivity contribution < 1.29 is 13.5 Å². The van der Waals surface area contributed by atoms with Gasteiger partial charge in [0.25, 0.3) is 0 Å². The highest BCUT2D eigenvalue weighted by Gasteiger charge is 2.15. The molecule has 0 aliphatic rings. The summed E-state index contributed by atoms with van der Waals surface area (Å²) in [5, 5.41) is 8.51. The van der Waals surface area contributed by atoms with E-state index >= 15 is 0 Å². The summed E-state index contributed by atoms with van der Waals surface area (Å²) in [6.07, 6.45) is 3.54. The van der Waals surface area contributed by atoms with E-state index in [2.05, 4.69) is 0 Å². The van der Waals surface area contributed by atoms with Crippen molar-refractivity contribution in [1.82, 2.24) is 4.57 Å². The molecule has 15 heavy (non-hydrogen) atoms. The fourth-order valence-electron chi connectivity index (χ4n) is 1.19. The molecule has 0 saturated heterocycles. The van der Waals surface area contributed by atoms with Gasteiger partial charge in [-0.15, -0.1) is 0 Å². The van der Waals surface area contributed by atoms with Gasteiger partial charge >= 0.3 is 0 Å². The van der Waals surface area contributed by atoms with Crippen LogP contribution < -0.4 is 0 Å². The highest BCUT2D eigenvalue weighted by atomic mass is 32.2. The Hall–Kier alpha value is -0.810.